The molecule has 0 aliphatic carbocycles. The predicted molar refractivity (Wildman–Crippen MR) is 178 cm³/mol. The largest absolute Gasteiger partial charge is 0.550 e. The molecular weight excluding hydrogens is 538 g/mol. The molecule has 0 aromatic carbocycles. The molecule has 6 nitrogen and oxygen atoms in total. The van der Waals surface area contributed by atoms with Gasteiger partial charge in [0.25, 0.3) is 0 Å². The highest BCUT2D eigenvalue weighted by Crippen LogP contribution is 2.21. The van der Waals surface area contributed by atoms with Crippen molar-refractivity contribution in [1.82, 2.24) is 5.32 Å². The van der Waals surface area contributed by atoms with Crippen LogP contribution in [0, 0.1) is 5.92 Å². The summed E-state index contributed by atoms with van der Waals surface area (Å²) in [4.78, 5) is 36.7. The van der Waals surface area contributed by atoms with Crippen molar-refractivity contribution in [3.8, 4) is 0 Å². The van der Waals surface area contributed by atoms with Crippen molar-refractivity contribution in [2.24, 2.45) is 5.92 Å². The van der Waals surface area contributed by atoms with E-state index in [1.807, 2.05) is 0 Å². The van der Waals surface area contributed by atoms with E-state index in [0.29, 0.717) is 18.9 Å². The summed E-state index contributed by atoms with van der Waals surface area (Å²) in [6.45, 7) is 7.05. The SMILES string of the molecule is CCCCCCCCCCCC(=O)N[C@@H](CCC(=O)[O-])C(=O)OCC(CCCCCCCC)CCCCCCCCCC. The van der Waals surface area contributed by atoms with E-state index in [4.69, 9.17) is 4.74 Å². The summed E-state index contributed by atoms with van der Waals surface area (Å²) in [5, 5.41) is 13.9. The highest BCUT2D eigenvalue weighted by atomic mass is 16.5. The number of ether oxygens (including phenoxy) is 1. The first kappa shape index (κ1) is 41.4. The lowest BCUT2D eigenvalue weighted by Gasteiger charge is -2.21. The van der Waals surface area contributed by atoms with Crippen LogP contribution in [0.5, 0.6) is 0 Å². The van der Waals surface area contributed by atoms with Crippen LogP contribution < -0.4 is 10.4 Å². The molecule has 1 amide bonds. The van der Waals surface area contributed by atoms with Crippen molar-refractivity contribution in [2.75, 3.05) is 6.61 Å². The van der Waals surface area contributed by atoms with Crippen molar-refractivity contribution in [2.45, 2.75) is 207 Å². The Morgan fingerprint density at radius 3 is 1.35 bits per heavy atom. The minimum atomic E-state index is -1.22. The smallest absolute Gasteiger partial charge is 0.328 e. The number of carboxylic acids is 1. The van der Waals surface area contributed by atoms with Gasteiger partial charge in [-0.05, 0) is 38.0 Å². The molecule has 0 spiro atoms. The second-order valence-electron chi connectivity index (χ2n) is 12.9. The number of amides is 1. The lowest BCUT2D eigenvalue weighted by Crippen LogP contribution is -2.43. The van der Waals surface area contributed by atoms with Crippen molar-refractivity contribution in [3.63, 3.8) is 0 Å². The first-order valence-corrected chi connectivity index (χ1v) is 18.6. The second-order valence-corrected chi connectivity index (χ2v) is 12.9. The maximum atomic E-state index is 13.0. The average Bonchev–Trinajstić information content (AvgIpc) is 2.99. The third-order valence-corrected chi connectivity index (χ3v) is 8.66. The molecule has 43 heavy (non-hydrogen) atoms. The molecule has 2 atom stereocenters. The van der Waals surface area contributed by atoms with Crippen LogP contribution in [0.25, 0.3) is 0 Å². The molecule has 6 heteroatoms. The Balaban J connectivity index is 4.66. The Kier molecular flexibility index (Phi) is 30.6. The van der Waals surface area contributed by atoms with E-state index in [1.165, 1.54) is 116 Å². The minimum absolute atomic E-state index is 0.00476. The van der Waals surface area contributed by atoms with Gasteiger partial charge in [0.2, 0.25) is 5.91 Å². The number of carbonyl (C=O) groups is 3. The van der Waals surface area contributed by atoms with Gasteiger partial charge in [-0.2, -0.15) is 0 Å². The number of carbonyl (C=O) groups excluding carboxylic acids is 3. The Bertz CT molecular complexity index is 653. The summed E-state index contributed by atoms with van der Waals surface area (Å²) in [5.74, 6) is -1.62. The molecule has 0 heterocycles. The Labute approximate surface area is 266 Å². The summed E-state index contributed by atoms with van der Waals surface area (Å²) in [6.07, 6.45) is 30.3. The van der Waals surface area contributed by atoms with Crippen LogP contribution >= 0.6 is 0 Å². The fraction of sp³-hybridized carbons (Fsp3) is 0.919. The van der Waals surface area contributed by atoms with Crippen LogP contribution in [0.2, 0.25) is 0 Å². The van der Waals surface area contributed by atoms with Gasteiger partial charge in [-0.3, -0.25) is 4.79 Å². The molecule has 0 aliphatic heterocycles. The lowest BCUT2D eigenvalue weighted by molar-refractivity contribution is -0.305. The number of unbranched alkanes of at least 4 members (excludes halogenated alkanes) is 20. The van der Waals surface area contributed by atoms with E-state index in [-0.39, 0.29) is 18.7 Å². The van der Waals surface area contributed by atoms with Gasteiger partial charge in [-0.25, -0.2) is 4.79 Å². The van der Waals surface area contributed by atoms with Crippen LogP contribution in [0.1, 0.15) is 201 Å². The molecular formula is C37H70NO5-. The summed E-state index contributed by atoms with van der Waals surface area (Å²) in [5.41, 5.74) is 0. The van der Waals surface area contributed by atoms with E-state index in [0.717, 1.165) is 44.9 Å². The topological polar surface area (TPSA) is 95.5 Å². The quantitative estimate of drug-likeness (QED) is 0.0591. The molecule has 0 aromatic rings. The van der Waals surface area contributed by atoms with Crippen LogP contribution in [0.15, 0.2) is 0 Å². The lowest BCUT2D eigenvalue weighted by atomic mass is 9.94. The normalized spacial score (nSPS) is 12.6. The number of esters is 1. The Morgan fingerprint density at radius 2 is 0.930 bits per heavy atom. The van der Waals surface area contributed by atoms with Crippen LogP contribution in [-0.4, -0.2) is 30.5 Å². The molecule has 0 rings (SSSR count). The molecule has 0 saturated carbocycles. The second kappa shape index (κ2) is 31.8. The number of rotatable bonds is 33. The summed E-state index contributed by atoms with van der Waals surface area (Å²) >= 11 is 0. The van der Waals surface area contributed by atoms with E-state index in [1.54, 1.807) is 0 Å². The third kappa shape index (κ3) is 28.9. The van der Waals surface area contributed by atoms with Crippen molar-refractivity contribution in [3.05, 3.63) is 0 Å². The van der Waals surface area contributed by atoms with E-state index in [9.17, 15) is 19.5 Å². The molecule has 0 aliphatic rings. The van der Waals surface area contributed by atoms with Gasteiger partial charge in [0.15, 0.2) is 0 Å². The monoisotopic (exact) mass is 609 g/mol. The van der Waals surface area contributed by atoms with E-state index < -0.39 is 18.0 Å². The molecule has 1 unspecified atom stereocenters. The fourth-order valence-electron chi connectivity index (χ4n) is 5.77. The Hall–Kier alpha value is -1.59. The van der Waals surface area contributed by atoms with Crippen LogP contribution in [-0.2, 0) is 19.1 Å². The first-order chi connectivity index (χ1) is 20.9. The zero-order valence-corrected chi connectivity index (χ0v) is 28.7. The van der Waals surface area contributed by atoms with Gasteiger partial charge >= 0.3 is 5.97 Å². The number of hydrogen-bond acceptors (Lipinski definition) is 5. The van der Waals surface area contributed by atoms with Crippen molar-refractivity contribution in [1.29, 1.82) is 0 Å². The third-order valence-electron chi connectivity index (χ3n) is 8.66. The minimum Gasteiger partial charge on any atom is -0.550 e. The first-order valence-electron chi connectivity index (χ1n) is 18.6. The summed E-state index contributed by atoms with van der Waals surface area (Å²) in [7, 11) is 0. The fourth-order valence-corrected chi connectivity index (χ4v) is 5.77. The average molecular weight is 609 g/mol. The van der Waals surface area contributed by atoms with Crippen LogP contribution in [0.3, 0.4) is 0 Å². The van der Waals surface area contributed by atoms with Gasteiger partial charge in [-0.15, -0.1) is 0 Å². The standard InChI is InChI=1S/C37H71NO5/c1-4-7-10-13-16-18-20-23-26-29-35(39)38-34(30-31-36(40)41)37(42)43-32-33(27-24-21-15-12-9-6-3)28-25-22-19-17-14-11-8-5-2/h33-34H,4-32H2,1-3H3,(H,38,39)(H,40,41)/p-1/t33?,34-/m0/s1. The van der Waals surface area contributed by atoms with Gasteiger partial charge in [0.1, 0.15) is 6.04 Å². The van der Waals surface area contributed by atoms with E-state index >= 15 is 0 Å². The van der Waals surface area contributed by atoms with Gasteiger partial charge in [0, 0.05) is 12.4 Å². The van der Waals surface area contributed by atoms with Crippen molar-refractivity contribution < 1.29 is 24.2 Å². The molecule has 0 saturated heterocycles. The zero-order valence-electron chi connectivity index (χ0n) is 28.7. The number of nitrogens with one attached hydrogen (secondary N) is 1. The molecule has 0 aromatic heterocycles. The van der Waals surface area contributed by atoms with Crippen LogP contribution in [0.4, 0.5) is 0 Å². The molecule has 0 radical (unpaired) electrons. The molecule has 254 valence electrons. The zero-order chi connectivity index (χ0) is 31.8. The van der Waals surface area contributed by atoms with Gasteiger partial charge in [-0.1, -0.05) is 162 Å². The van der Waals surface area contributed by atoms with E-state index in [2.05, 4.69) is 26.1 Å². The maximum absolute atomic E-state index is 13.0. The maximum Gasteiger partial charge on any atom is 0.328 e. The molecule has 0 bridgehead atoms. The number of aliphatic carboxylic acids is 1. The summed E-state index contributed by atoms with van der Waals surface area (Å²) < 4.78 is 5.75. The number of carboxylic acid groups (broad SMARTS) is 1. The highest BCUT2D eigenvalue weighted by Gasteiger charge is 2.23. The van der Waals surface area contributed by atoms with Gasteiger partial charge in [0.05, 0.1) is 6.61 Å². The summed E-state index contributed by atoms with van der Waals surface area (Å²) in [6, 6.07) is -0.929. The molecule has 0 fully saturated rings. The van der Waals surface area contributed by atoms with Crippen molar-refractivity contribution >= 4 is 17.8 Å². The highest BCUT2D eigenvalue weighted by molar-refractivity contribution is 5.84. The van der Waals surface area contributed by atoms with Gasteiger partial charge < -0.3 is 20.0 Å². The predicted octanol–water partition coefficient (Wildman–Crippen LogP) is 9.36. The Morgan fingerprint density at radius 1 is 0.535 bits per heavy atom. The number of hydrogen-bond donors (Lipinski definition) is 1. The molecule has 1 N–H and O–H groups in total.